The lowest BCUT2D eigenvalue weighted by Gasteiger charge is -2.09. The Hall–Kier alpha value is -3.22. The number of hydrogen-bond acceptors (Lipinski definition) is 6. The number of ether oxygens (including phenoxy) is 1. The fourth-order valence-electron chi connectivity index (χ4n) is 2.05. The Kier molecular flexibility index (Phi) is 4.01. The summed E-state index contributed by atoms with van der Waals surface area (Å²) in [7, 11) is 0. The van der Waals surface area contributed by atoms with E-state index in [0.717, 1.165) is 17.9 Å². The van der Waals surface area contributed by atoms with Gasteiger partial charge in [-0.2, -0.15) is 0 Å². The number of para-hydroxylation sites is 1. The van der Waals surface area contributed by atoms with E-state index in [9.17, 15) is 14.7 Å². The Balaban J connectivity index is 1.64. The lowest BCUT2D eigenvalue weighted by Crippen LogP contribution is -2.17. The van der Waals surface area contributed by atoms with Crippen LogP contribution < -0.4 is 4.74 Å². The summed E-state index contributed by atoms with van der Waals surface area (Å²) in [6.07, 6.45) is 3.67. The third kappa shape index (κ3) is 3.52. The monoisotopic (exact) mass is 311 g/mol. The van der Waals surface area contributed by atoms with Crippen molar-refractivity contribution in [3.63, 3.8) is 0 Å². The highest BCUT2D eigenvalue weighted by atomic mass is 16.5. The summed E-state index contributed by atoms with van der Waals surface area (Å²) in [4.78, 5) is 22.5. The van der Waals surface area contributed by atoms with Gasteiger partial charge in [0.1, 0.15) is 23.8 Å². The summed E-state index contributed by atoms with van der Waals surface area (Å²) < 4.78 is 7.02. The maximum Gasteiger partial charge on any atom is 0.229 e. The van der Waals surface area contributed by atoms with Crippen molar-refractivity contribution in [2.45, 2.75) is 13.2 Å². The number of aliphatic hydroxyl groups is 1. The van der Waals surface area contributed by atoms with Crippen LogP contribution in [0.15, 0.2) is 60.0 Å². The number of carbonyl (C=O) groups is 2. The van der Waals surface area contributed by atoms with Gasteiger partial charge in [-0.15, -0.1) is 5.10 Å². The van der Waals surface area contributed by atoms with Crippen LogP contribution in [0.25, 0.3) is 0 Å². The van der Waals surface area contributed by atoms with Crippen molar-refractivity contribution in [2.24, 2.45) is 0 Å². The second-order valence-electron chi connectivity index (χ2n) is 4.94. The third-order valence-electron chi connectivity index (χ3n) is 3.19. The molecule has 7 nitrogen and oxygen atoms in total. The highest BCUT2D eigenvalue weighted by Crippen LogP contribution is 2.15. The molecule has 0 fully saturated rings. The van der Waals surface area contributed by atoms with Crippen LogP contribution >= 0.6 is 0 Å². The Bertz CT molecular complexity index is 806. The van der Waals surface area contributed by atoms with Crippen molar-refractivity contribution in [1.82, 2.24) is 15.0 Å². The molecule has 1 aliphatic carbocycles. The number of benzene rings is 1. The van der Waals surface area contributed by atoms with E-state index in [1.54, 1.807) is 6.20 Å². The van der Waals surface area contributed by atoms with E-state index < -0.39 is 11.6 Å². The van der Waals surface area contributed by atoms with Crippen molar-refractivity contribution in [3.8, 4) is 5.75 Å². The minimum Gasteiger partial charge on any atom is -0.507 e. The first kappa shape index (κ1) is 14.7. The molecule has 0 amide bonds. The maximum absolute atomic E-state index is 11.4. The molecule has 1 aromatic carbocycles. The first-order chi connectivity index (χ1) is 11.1. The molecule has 0 saturated heterocycles. The molecule has 3 rings (SSSR count). The number of rotatable bonds is 5. The molecule has 0 unspecified atom stereocenters. The Labute approximate surface area is 131 Å². The molecule has 1 N–H and O–H groups in total. The SMILES string of the molecule is O=C1C=C(O)C(Cn2cc(COc3ccccc3)nn2)=CC1=O. The van der Waals surface area contributed by atoms with Gasteiger partial charge in [0.25, 0.3) is 0 Å². The number of ketones is 2. The lowest BCUT2D eigenvalue weighted by molar-refractivity contribution is -0.131. The van der Waals surface area contributed by atoms with Gasteiger partial charge < -0.3 is 9.84 Å². The molecule has 23 heavy (non-hydrogen) atoms. The Morgan fingerprint density at radius 1 is 1.09 bits per heavy atom. The van der Waals surface area contributed by atoms with Crippen molar-refractivity contribution in [1.29, 1.82) is 0 Å². The molecular weight excluding hydrogens is 298 g/mol. The molecule has 1 aromatic heterocycles. The van der Waals surface area contributed by atoms with E-state index in [2.05, 4.69) is 10.3 Å². The Morgan fingerprint density at radius 2 is 1.83 bits per heavy atom. The van der Waals surface area contributed by atoms with E-state index in [0.29, 0.717) is 11.3 Å². The minimum atomic E-state index is -0.734. The topological polar surface area (TPSA) is 94.3 Å². The summed E-state index contributed by atoms with van der Waals surface area (Å²) in [6, 6.07) is 9.31. The van der Waals surface area contributed by atoms with Crippen molar-refractivity contribution in [3.05, 3.63) is 65.7 Å². The average molecular weight is 311 g/mol. The number of hydrogen-bond donors (Lipinski definition) is 1. The van der Waals surface area contributed by atoms with Crippen LogP contribution in [-0.2, 0) is 22.7 Å². The lowest BCUT2D eigenvalue weighted by atomic mass is 10.0. The van der Waals surface area contributed by atoms with Crippen molar-refractivity contribution < 1.29 is 19.4 Å². The van der Waals surface area contributed by atoms with Gasteiger partial charge in [-0.05, 0) is 18.2 Å². The Morgan fingerprint density at radius 3 is 2.61 bits per heavy atom. The predicted molar refractivity (Wildman–Crippen MR) is 79.6 cm³/mol. The van der Waals surface area contributed by atoms with Crippen LogP contribution in [0.5, 0.6) is 5.75 Å². The minimum absolute atomic E-state index is 0.139. The number of aromatic nitrogens is 3. The maximum atomic E-state index is 11.4. The normalized spacial score (nSPS) is 14.4. The largest absolute Gasteiger partial charge is 0.507 e. The van der Waals surface area contributed by atoms with E-state index in [1.165, 1.54) is 4.68 Å². The van der Waals surface area contributed by atoms with E-state index in [1.807, 2.05) is 30.3 Å². The average Bonchev–Trinajstić information content (AvgIpc) is 2.99. The number of carbonyl (C=O) groups excluding carboxylic acids is 2. The quantitative estimate of drug-likeness (QED) is 0.662. The van der Waals surface area contributed by atoms with Gasteiger partial charge >= 0.3 is 0 Å². The molecule has 1 aliphatic rings. The standard InChI is InChI=1S/C16H13N3O4/c20-14-7-16(22)15(21)6-11(14)8-19-9-12(17-18-19)10-23-13-4-2-1-3-5-13/h1-7,9,20H,8,10H2. The zero-order chi connectivity index (χ0) is 16.2. The molecule has 7 heteroatoms. The molecule has 0 aliphatic heterocycles. The van der Waals surface area contributed by atoms with Crippen LogP contribution in [0.4, 0.5) is 0 Å². The highest BCUT2D eigenvalue weighted by Gasteiger charge is 2.20. The van der Waals surface area contributed by atoms with E-state index in [-0.39, 0.29) is 18.9 Å². The first-order valence-electron chi connectivity index (χ1n) is 6.88. The smallest absolute Gasteiger partial charge is 0.229 e. The molecule has 0 bridgehead atoms. The zero-order valence-electron chi connectivity index (χ0n) is 12.0. The van der Waals surface area contributed by atoms with Crippen LogP contribution in [0.1, 0.15) is 5.69 Å². The summed E-state index contributed by atoms with van der Waals surface area (Å²) in [5.74, 6) is -0.902. The molecular formula is C16H13N3O4. The van der Waals surface area contributed by atoms with Crippen molar-refractivity contribution >= 4 is 11.6 Å². The predicted octanol–water partition coefficient (Wildman–Crippen LogP) is 1.38. The van der Waals surface area contributed by atoms with Crippen LogP contribution in [-0.4, -0.2) is 31.7 Å². The molecule has 0 radical (unpaired) electrons. The van der Waals surface area contributed by atoms with Crippen LogP contribution in [0, 0.1) is 0 Å². The zero-order valence-corrected chi connectivity index (χ0v) is 12.0. The number of allylic oxidation sites excluding steroid dienone is 3. The summed E-state index contributed by atoms with van der Waals surface area (Å²) in [5.41, 5.74) is 0.922. The van der Waals surface area contributed by atoms with Crippen LogP contribution in [0.2, 0.25) is 0 Å². The second kappa shape index (κ2) is 6.27. The van der Waals surface area contributed by atoms with Gasteiger partial charge in [0.2, 0.25) is 11.6 Å². The van der Waals surface area contributed by atoms with Crippen molar-refractivity contribution in [2.75, 3.05) is 0 Å². The number of nitrogens with zero attached hydrogens (tertiary/aromatic N) is 3. The molecule has 0 atom stereocenters. The van der Waals surface area contributed by atoms with Gasteiger partial charge in [-0.1, -0.05) is 23.4 Å². The molecule has 0 saturated carbocycles. The van der Waals surface area contributed by atoms with Gasteiger partial charge in [0, 0.05) is 11.6 Å². The van der Waals surface area contributed by atoms with Gasteiger partial charge in [0.15, 0.2) is 0 Å². The summed E-state index contributed by atoms with van der Waals surface area (Å²) in [6.45, 7) is 0.391. The summed E-state index contributed by atoms with van der Waals surface area (Å²) in [5, 5.41) is 17.6. The van der Waals surface area contributed by atoms with E-state index in [4.69, 9.17) is 4.74 Å². The molecule has 116 valence electrons. The number of aliphatic hydroxyl groups excluding tert-OH is 1. The molecule has 2 aromatic rings. The summed E-state index contributed by atoms with van der Waals surface area (Å²) >= 11 is 0. The second-order valence-corrected chi connectivity index (χ2v) is 4.94. The fourth-order valence-corrected chi connectivity index (χ4v) is 2.05. The molecule has 0 spiro atoms. The highest BCUT2D eigenvalue weighted by molar-refractivity contribution is 6.46. The third-order valence-corrected chi connectivity index (χ3v) is 3.19. The van der Waals surface area contributed by atoms with Crippen LogP contribution in [0.3, 0.4) is 0 Å². The fraction of sp³-hybridized carbons (Fsp3) is 0.125. The first-order valence-corrected chi connectivity index (χ1v) is 6.88. The van der Waals surface area contributed by atoms with Gasteiger partial charge in [-0.3, -0.25) is 9.59 Å². The van der Waals surface area contributed by atoms with Gasteiger partial charge in [0.05, 0.1) is 12.7 Å². The molecule has 1 heterocycles. The van der Waals surface area contributed by atoms with Gasteiger partial charge in [-0.25, -0.2) is 4.68 Å². The van der Waals surface area contributed by atoms with E-state index >= 15 is 0 Å².